The predicted molar refractivity (Wildman–Crippen MR) is 129 cm³/mol. The van der Waals surface area contributed by atoms with Crippen molar-refractivity contribution >= 4 is 23.7 Å². The van der Waals surface area contributed by atoms with Crippen molar-refractivity contribution in [1.82, 2.24) is 0 Å². The van der Waals surface area contributed by atoms with Crippen molar-refractivity contribution in [2.45, 2.75) is 85.7 Å². The summed E-state index contributed by atoms with van der Waals surface area (Å²) in [5.74, 6) is -1.22. The summed E-state index contributed by atoms with van der Waals surface area (Å²) in [7, 11) is 1.27. The number of carbonyl (C=O) groups is 4. The average Bonchev–Trinajstić information content (AvgIpc) is 2.77. The molecule has 0 radical (unpaired) electrons. The van der Waals surface area contributed by atoms with E-state index in [9.17, 15) is 24.3 Å². The fourth-order valence-electron chi connectivity index (χ4n) is 5.87. The first-order valence-corrected chi connectivity index (χ1v) is 12.3. The number of hydrogen-bond acceptors (Lipinski definition) is 8. The zero-order valence-electron chi connectivity index (χ0n) is 21.9. The Labute approximate surface area is 208 Å². The summed E-state index contributed by atoms with van der Waals surface area (Å²) in [6.07, 6.45) is 4.01. The fourth-order valence-corrected chi connectivity index (χ4v) is 5.87. The molecule has 0 aromatic heterocycles. The van der Waals surface area contributed by atoms with Crippen molar-refractivity contribution in [2.24, 2.45) is 16.7 Å². The van der Waals surface area contributed by atoms with Crippen LogP contribution in [0.4, 0.5) is 0 Å². The van der Waals surface area contributed by atoms with Gasteiger partial charge in [-0.1, -0.05) is 25.0 Å². The Morgan fingerprint density at radius 3 is 2.34 bits per heavy atom. The lowest BCUT2D eigenvalue weighted by Crippen LogP contribution is -2.54. The topological polar surface area (TPSA) is 116 Å². The molecule has 4 unspecified atom stereocenters. The van der Waals surface area contributed by atoms with Gasteiger partial charge in [-0.25, -0.2) is 0 Å². The summed E-state index contributed by atoms with van der Waals surface area (Å²) in [6.45, 7) is 9.61. The highest BCUT2D eigenvalue weighted by molar-refractivity contribution is 5.97. The third-order valence-electron chi connectivity index (χ3n) is 7.73. The summed E-state index contributed by atoms with van der Waals surface area (Å²) in [4.78, 5) is 47.4. The second kappa shape index (κ2) is 12.0. The van der Waals surface area contributed by atoms with Gasteiger partial charge in [0.25, 0.3) is 0 Å². The molecule has 1 saturated carbocycles. The van der Waals surface area contributed by atoms with E-state index in [-0.39, 0.29) is 49.1 Å². The molecule has 0 heterocycles. The molecule has 0 aromatic rings. The van der Waals surface area contributed by atoms with Crippen molar-refractivity contribution in [3.05, 3.63) is 22.8 Å². The highest BCUT2D eigenvalue weighted by Crippen LogP contribution is 2.60. The summed E-state index contributed by atoms with van der Waals surface area (Å²) < 4.78 is 15.0. The first-order valence-electron chi connectivity index (χ1n) is 12.3. The highest BCUT2D eigenvalue weighted by Gasteiger charge is 2.56. The Morgan fingerprint density at radius 2 is 1.71 bits per heavy atom. The number of ketones is 1. The molecule has 0 saturated heterocycles. The van der Waals surface area contributed by atoms with Crippen molar-refractivity contribution < 1.29 is 38.5 Å². The highest BCUT2D eigenvalue weighted by atomic mass is 16.5. The van der Waals surface area contributed by atoms with Crippen LogP contribution in [0.3, 0.4) is 0 Å². The Hall–Kier alpha value is -2.48. The molecule has 0 bridgehead atoms. The largest absolute Gasteiger partial charge is 0.469 e. The Balaban J connectivity index is 2.10. The maximum Gasteiger partial charge on any atom is 0.306 e. The number of aliphatic hydroxyl groups is 1. The maximum atomic E-state index is 13.0. The van der Waals surface area contributed by atoms with Gasteiger partial charge >= 0.3 is 17.9 Å². The van der Waals surface area contributed by atoms with Crippen LogP contribution in [0.5, 0.6) is 0 Å². The molecular weight excluding hydrogens is 452 g/mol. The number of esters is 3. The maximum absolute atomic E-state index is 13.0. The van der Waals surface area contributed by atoms with Gasteiger partial charge in [-0.2, -0.15) is 0 Å². The molecule has 2 aliphatic carbocycles. The fraction of sp³-hybridized carbons (Fsp3) is 0.704. The van der Waals surface area contributed by atoms with Crippen molar-refractivity contribution in [2.75, 3.05) is 20.3 Å². The van der Waals surface area contributed by atoms with Gasteiger partial charge in [0.1, 0.15) is 6.61 Å². The smallest absolute Gasteiger partial charge is 0.306 e. The monoisotopic (exact) mass is 492 g/mol. The van der Waals surface area contributed by atoms with Crippen LogP contribution in [0.1, 0.15) is 79.6 Å². The molecule has 0 aromatic carbocycles. The summed E-state index contributed by atoms with van der Waals surface area (Å²) in [5.41, 5.74) is 1.95. The van der Waals surface area contributed by atoms with E-state index in [0.29, 0.717) is 32.1 Å². The molecule has 1 N–H and O–H groups in total. The van der Waals surface area contributed by atoms with Gasteiger partial charge < -0.3 is 19.3 Å². The molecule has 4 atom stereocenters. The van der Waals surface area contributed by atoms with E-state index in [2.05, 4.69) is 11.7 Å². The molecule has 8 heteroatoms. The number of ether oxygens (including phenoxy) is 3. The second-order valence-electron chi connectivity index (χ2n) is 10.5. The van der Waals surface area contributed by atoms with E-state index >= 15 is 0 Å². The first-order chi connectivity index (χ1) is 16.3. The average molecular weight is 493 g/mol. The third kappa shape index (κ3) is 7.26. The Morgan fingerprint density at radius 1 is 1.06 bits per heavy atom. The first kappa shape index (κ1) is 28.8. The number of rotatable bonds is 10. The summed E-state index contributed by atoms with van der Waals surface area (Å²) in [6, 6.07) is 0. The number of fused-ring (bicyclic) bond motifs is 1. The standard InChI is InChI=1S/C27H40O8/c1-17(11-12-34-25(32)10-9-24(31)33-6)7-8-21-18(2)22(30)13-23-26(4,16-35-19(3)28)14-20(29)15-27(21,23)5/h11,20,23,29H,7-10,12-16H2,1-6H3. The van der Waals surface area contributed by atoms with E-state index in [1.54, 1.807) is 0 Å². The van der Waals surface area contributed by atoms with Crippen molar-refractivity contribution in [1.29, 1.82) is 0 Å². The zero-order chi connectivity index (χ0) is 26.4. The minimum absolute atomic E-state index is 0.0124. The van der Waals surface area contributed by atoms with Gasteiger partial charge in [-0.3, -0.25) is 19.2 Å². The van der Waals surface area contributed by atoms with Gasteiger partial charge in [0.2, 0.25) is 0 Å². The van der Waals surface area contributed by atoms with Crippen LogP contribution in [-0.4, -0.2) is 55.2 Å². The Kier molecular flexibility index (Phi) is 9.84. The number of allylic oxidation sites excluding steroid dienone is 3. The molecule has 1 fully saturated rings. The summed E-state index contributed by atoms with van der Waals surface area (Å²) in [5, 5.41) is 10.8. The van der Waals surface area contributed by atoms with Crippen LogP contribution in [0.2, 0.25) is 0 Å². The molecule has 2 aliphatic rings. The van der Waals surface area contributed by atoms with Gasteiger partial charge in [-0.05, 0) is 62.5 Å². The van der Waals surface area contributed by atoms with Gasteiger partial charge in [0.15, 0.2) is 5.78 Å². The minimum Gasteiger partial charge on any atom is -0.469 e. The summed E-state index contributed by atoms with van der Waals surface area (Å²) >= 11 is 0. The number of Topliss-reactive ketones (excluding diaryl/α,β-unsaturated/α-hetero) is 1. The molecule has 2 rings (SSSR count). The van der Waals surface area contributed by atoms with Crippen LogP contribution >= 0.6 is 0 Å². The van der Waals surface area contributed by atoms with E-state index < -0.39 is 23.5 Å². The molecule has 0 aliphatic heterocycles. The lowest BCUT2D eigenvalue weighted by molar-refractivity contribution is -0.154. The Bertz CT molecular complexity index is 901. The lowest BCUT2D eigenvalue weighted by Gasteiger charge is -2.56. The minimum atomic E-state index is -0.547. The van der Waals surface area contributed by atoms with Gasteiger partial charge in [0, 0.05) is 18.8 Å². The van der Waals surface area contributed by atoms with Crippen LogP contribution in [-0.2, 0) is 33.4 Å². The number of methoxy groups -OCH3 is 1. The quantitative estimate of drug-likeness (QED) is 0.278. The number of hydrogen-bond donors (Lipinski definition) is 1. The third-order valence-corrected chi connectivity index (χ3v) is 7.73. The van der Waals surface area contributed by atoms with Crippen molar-refractivity contribution in [3.63, 3.8) is 0 Å². The predicted octanol–water partition coefficient (Wildman–Crippen LogP) is 3.85. The van der Waals surface area contributed by atoms with Crippen LogP contribution in [0.25, 0.3) is 0 Å². The molecular formula is C27H40O8. The lowest BCUT2D eigenvalue weighted by atomic mass is 9.48. The van der Waals surface area contributed by atoms with Gasteiger partial charge in [-0.15, -0.1) is 0 Å². The van der Waals surface area contributed by atoms with Gasteiger partial charge in [0.05, 0.1) is 32.7 Å². The normalized spacial score (nSPS) is 28.9. The number of carbonyl (C=O) groups excluding carboxylic acids is 4. The second-order valence-corrected chi connectivity index (χ2v) is 10.5. The van der Waals surface area contributed by atoms with Crippen molar-refractivity contribution in [3.8, 4) is 0 Å². The van der Waals surface area contributed by atoms with Crippen LogP contribution in [0.15, 0.2) is 22.8 Å². The molecule has 196 valence electrons. The molecule has 35 heavy (non-hydrogen) atoms. The molecule has 0 amide bonds. The van der Waals surface area contributed by atoms with E-state index in [1.807, 2.05) is 26.8 Å². The van der Waals surface area contributed by atoms with E-state index in [4.69, 9.17) is 9.47 Å². The molecule has 0 spiro atoms. The number of aliphatic hydroxyl groups excluding tert-OH is 1. The SMILES string of the molecule is COC(=O)CCC(=O)OCC=C(C)CCC1=C(C)C(=O)CC2C(C)(COC(C)=O)CC(O)CC12C. The van der Waals surface area contributed by atoms with E-state index in [1.165, 1.54) is 14.0 Å². The van der Waals surface area contributed by atoms with Crippen LogP contribution < -0.4 is 0 Å². The van der Waals surface area contributed by atoms with Crippen LogP contribution in [0, 0.1) is 16.7 Å². The van der Waals surface area contributed by atoms with E-state index in [0.717, 1.165) is 16.7 Å². The zero-order valence-corrected chi connectivity index (χ0v) is 21.9. The molecule has 8 nitrogen and oxygen atoms in total.